The van der Waals surface area contributed by atoms with E-state index < -0.39 is 12.2 Å². The van der Waals surface area contributed by atoms with Crippen LogP contribution in [0.4, 0.5) is 5.82 Å². The largest absolute Gasteiger partial charge is 0.388 e. The van der Waals surface area contributed by atoms with E-state index in [0.717, 1.165) is 10.9 Å². The van der Waals surface area contributed by atoms with Crippen LogP contribution in [0.3, 0.4) is 0 Å². The summed E-state index contributed by atoms with van der Waals surface area (Å²) in [5.74, 6) is 0.401. The maximum atomic E-state index is 12.7. The van der Waals surface area contributed by atoms with Crippen LogP contribution in [0.5, 0.6) is 0 Å². The number of amides is 1. The van der Waals surface area contributed by atoms with E-state index in [2.05, 4.69) is 10.3 Å². The molecule has 1 aliphatic rings. The van der Waals surface area contributed by atoms with Gasteiger partial charge in [0.2, 0.25) is 0 Å². The van der Waals surface area contributed by atoms with E-state index in [0.29, 0.717) is 11.4 Å². The van der Waals surface area contributed by atoms with Crippen molar-refractivity contribution < 1.29 is 15.0 Å². The quantitative estimate of drug-likeness (QED) is 0.747. The number of aliphatic hydroxyl groups excluding tert-OH is 2. The summed E-state index contributed by atoms with van der Waals surface area (Å²) >= 11 is 0. The van der Waals surface area contributed by atoms with Crippen molar-refractivity contribution in [2.45, 2.75) is 12.2 Å². The van der Waals surface area contributed by atoms with Crippen LogP contribution in [0.2, 0.25) is 0 Å². The lowest BCUT2D eigenvalue weighted by Crippen LogP contribution is -2.30. The van der Waals surface area contributed by atoms with Gasteiger partial charge in [0.15, 0.2) is 0 Å². The average Bonchev–Trinajstić information content (AvgIpc) is 2.85. The molecule has 1 amide bonds. The lowest BCUT2D eigenvalue weighted by atomic mass is 10.1. The summed E-state index contributed by atoms with van der Waals surface area (Å²) in [6, 6.07) is 9.11. The van der Waals surface area contributed by atoms with Crippen LogP contribution in [0, 0.1) is 0 Å². The Bertz CT molecular complexity index is 679. The molecule has 6 nitrogen and oxygen atoms in total. The number of nitrogens with one attached hydrogen (secondary N) is 1. The number of rotatable bonds is 2. The number of likely N-dealkylation sites (tertiary alicyclic amines) is 1. The zero-order chi connectivity index (χ0) is 15.0. The Hall–Kier alpha value is -2.18. The van der Waals surface area contributed by atoms with Crippen molar-refractivity contribution in [2.75, 3.05) is 25.5 Å². The van der Waals surface area contributed by atoms with E-state index >= 15 is 0 Å². The summed E-state index contributed by atoms with van der Waals surface area (Å²) in [4.78, 5) is 18.5. The highest BCUT2D eigenvalue weighted by molar-refractivity contribution is 6.07. The number of carbonyl (C=O) groups excluding carboxylic acids is 1. The zero-order valence-electron chi connectivity index (χ0n) is 11.7. The molecule has 21 heavy (non-hydrogen) atoms. The molecule has 6 heteroatoms. The number of carbonyl (C=O) groups is 1. The van der Waals surface area contributed by atoms with Gasteiger partial charge in [0, 0.05) is 25.5 Å². The number of fused-ring (bicyclic) bond motifs is 1. The summed E-state index contributed by atoms with van der Waals surface area (Å²) in [5.41, 5.74) is 1.25. The highest BCUT2D eigenvalue weighted by atomic mass is 16.3. The summed E-state index contributed by atoms with van der Waals surface area (Å²) in [6.45, 7) is 0.289. The minimum atomic E-state index is -0.883. The number of pyridine rings is 1. The number of β-amino-alcohol motifs (C(OH)–C–C–N with tert-alkyl or cyclic N) is 2. The molecular formula is C15H17N3O3. The monoisotopic (exact) mass is 287 g/mol. The molecule has 3 N–H and O–H groups in total. The van der Waals surface area contributed by atoms with Crippen molar-refractivity contribution in [1.82, 2.24) is 9.88 Å². The van der Waals surface area contributed by atoms with Crippen LogP contribution in [0.1, 0.15) is 10.4 Å². The third kappa shape index (κ3) is 2.43. The number of aliphatic hydroxyl groups is 2. The molecule has 1 aromatic carbocycles. The van der Waals surface area contributed by atoms with Gasteiger partial charge in [-0.3, -0.25) is 4.79 Å². The summed E-state index contributed by atoms with van der Waals surface area (Å²) in [6.07, 6.45) is -1.77. The summed E-state index contributed by atoms with van der Waals surface area (Å²) < 4.78 is 0. The molecular weight excluding hydrogens is 270 g/mol. The van der Waals surface area contributed by atoms with E-state index in [1.165, 1.54) is 4.90 Å². The van der Waals surface area contributed by atoms with Crippen molar-refractivity contribution in [2.24, 2.45) is 0 Å². The molecule has 1 fully saturated rings. The smallest absolute Gasteiger partial charge is 0.254 e. The Morgan fingerprint density at radius 3 is 2.62 bits per heavy atom. The molecule has 1 saturated heterocycles. The summed E-state index contributed by atoms with van der Waals surface area (Å²) in [5, 5.41) is 22.9. The summed E-state index contributed by atoms with van der Waals surface area (Å²) in [7, 11) is 1.74. The van der Waals surface area contributed by atoms with Gasteiger partial charge in [-0.25, -0.2) is 4.98 Å². The van der Waals surface area contributed by atoms with Gasteiger partial charge in [0.05, 0.1) is 23.3 Å². The molecule has 0 spiro atoms. The molecule has 0 aliphatic carbocycles. The highest BCUT2D eigenvalue weighted by Gasteiger charge is 2.33. The van der Waals surface area contributed by atoms with E-state index in [9.17, 15) is 15.0 Å². The number of aromatic nitrogens is 1. The second-order valence-electron chi connectivity index (χ2n) is 5.17. The normalized spacial score (nSPS) is 21.8. The molecule has 2 unspecified atom stereocenters. The van der Waals surface area contributed by atoms with Crippen molar-refractivity contribution in [1.29, 1.82) is 0 Å². The molecule has 1 aromatic heterocycles. The first kappa shape index (κ1) is 13.8. The third-order valence-electron chi connectivity index (χ3n) is 3.75. The van der Waals surface area contributed by atoms with Crippen molar-refractivity contribution >= 4 is 22.6 Å². The fourth-order valence-electron chi connectivity index (χ4n) is 2.59. The van der Waals surface area contributed by atoms with E-state index in [4.69, 9.17) is 0 Å². The van der Waals surface area contributed by atoms with Gasteiger partial charge >= 0.3 is 0 Å². The molecule has 0 radical (unpaired) electrons. The molecule has 3 rings (SSSR count). The van der Waals surface area contributed by atoms with Crippen LogP contribution in [0.15, 0.2) is 30.3 Å². The van der Waals surface area contributed by atoms with Crippen LogP contribution in [-0.2, 0) is 0 Å². The van der Waals surface area contributed by atoms with E-state index in [1.54, 1.807) is 13.1 Å². The number of benzene rings is 1. The van der Waals surface area contributed by atoms with E-state index in [-0.39, 0.29) is 19.0 Å². The van der Waals surface area contributed by atoms with Gasteiger partial charge in [0.25, 0.3) is 5.91 Å². The molecule has 0 saturated carbocycles. The number of hydrogen-bond acceptors (Lipinski definition) is 5. The fourth-order valence-corrected chi connectivity index (χ4v) is 2.59. The van der Waals surface area contributed by atoms with E-state index in [1.807, 2.05) is 24.3 Å². The minimum absolute atomic E-state index is 0.144. The van der Waals surface area contributed by atoms with Gasteiger partial charge < -0.3 is 20.4 Å². The van der Waals surface area contributed by atoms with Crippen LogP contribution < -0.4 is 5.32 Å². The third-order valence-corrected chi connectivity index (χ3v) is 3.75. The predicted molar refractivity (Wildman–Crippen MR) is 79.2 cm³/mol. The Labute approximate surface area is 122 Å². The number of nitrogens with zero attached hydrogens (tertiary/aromatic N) is 2. The maximum absolute atomic E-state index is 12.7. The standard InChI is InChI=1S/C15H17N3O3/c1-16-14-6-10(9-4-2-3-5-11(9)17-14)15(21)18-7-12(19)13(20)8-18/h2-6,12-13,19-20H,7-8H2,1H3,(H,16,17). The Morgan fingerprint density at radius 1 is 1.29 bits per heavy atom. The lowest BCUT2D eigenvalue weighted by molar-refractivity contribution is 0.0572. The van der Waals surface area contributed by atoms with Crippen LogP contribution >= 0.6 is 0 Å². The van der Waals surface area contributed by atoms with Gasteiger partial charge in [-0.1, -0.05) is 18.2 Å². The first-order valence-corrected chi connectivity index (χ1v) is 6.83. The number of para-hydroxylation sites is 1. The average molecular weight is 287 g/mol. The van der Waals surface area contributed by atoms with Crippen molar-refractivity contribution in [3.8, 4) is 0 Å². The molecule has 0 bridgehead atoms. The SMILES string of the molecule is CNc1cc(C(=O)N2CC(O)C(O)C2)c2ccccc2n1. The number of hydrogen-bond donors (Lipinski definition) is 3. The highest BCUT2D eigenvalue weighted by Crippen LogP contribution is 2.23. The number of anilines is 1. The Morgan fingerprint density at radius 2 is 1.95 bits per heavy atom. The molecule has 110 valence electrons. The maximum Gasteiger partial charge on any atom is 0.254 e. The van der Waals surface area contributed by atoms with Gasteiger partial charge in [0.1, 0.15) is 5.82 Å². The van der Waals surface area contributed by atoms with Crippen molar-refractivity contribution in [3.05, 3.63) is 35.9 Å². The minimum Gasteiger partial charge on any atom is -0.388 e. The van der Waals surface area contributed by atoms with Gasteiger partial charge in [-0.2, -0.15) is 0 Å². The lowest BCUT2D eigenvalue weighted by Gasteiger charge is -2.17. The Kier molecular flexibility index (Phi) is 3.48. The molecule has 2 atom stereocenters. The second-order valence-corrected chi connectivity index (χ2v) is 5.17. The first-order valence-electron chi connectivity index (χ1n) is 6.83. The second kappa shape index (κ2) is 5.31. The Balaban J connectivity index is 2.05. The molecule has 1 aliphatic heterocycles. The predicted octanol–water partition coefficient (Wildman–Crippen LogP) is 0.454. The molecule has 2 aromatic rings. The van der Waals surface area contributed by atoms with Crippen LogP contribution in [0.25, 0.3) is 10.9 Å². The van der Waals surface area contributed by atoms with Gasteiger partial charge in [-0.15, -0.1) is 0 Å². The van der Waals surface area contributed by atoms with Crippen molar-refractivity contribution in [3.63, 3.8) is 0 Å². The topological polar surface area (TPSA) is 85.7 Å². The first-order chi connectivity index (χ1) is 10.1. The van der Waals surface area contributed by atoms with Crippen LogP contribution in [-0.4, -0.2) is 58.3 Å². The van der Waals surface area contributed by atoms with Gasteiger partial charge in [-0.05, 0) is 12.1 Å². The molecule has 2 heterocycles. The zero-order valence-corrected chi connectivity index (χ0v) is 11.7. The fraction of sp³-hybridized carbons (Fsp3) is 0.333.